The van der Waals surface area contributed by atoms with Gasteiger partial charge in [0, 0.05) is 5.56 Å². The Morgan fingerprint density at radius 3 is 2.24 bits per heavy atom. The number of hydrogen-bond acceptors (Lipinski definition) is 4. The predicted molar refractivity (Wildman–Crippen MR) is 113 cm³/mol. The summed E-state index contributed by atoms with van der Waals surface area (Å²) in [6, 6.07) is 12.7. The maximum Gasteiger partial charge on any atom is 0.276 e. The predicted octanol–water partition coefficient (Wildman–Crippen LogP) is 3.99. The third-order valence-corrected chi connectivity index (χ3v) is 4.17. The van der Waals surface area contributed by atoms with E-state index in [2.05, 4.69) is 38.5 Å². The van der Waals surface area contributed by atoms with Crippen LogP contribution in [0.1, 0.15) is 55.1 Å². The lowest BCUT2D eigenvalue weighted by atomic mass is 10.0. The lowest BCUT2D eigenvalue weighted by Crippen LogP contribution is -2.43. The molecule has 2 N–H and O–H groups in total. The Morgan fingerprint density at radius 1 is 0.931 bits per heavy atom. The van der Waals surface area contributed by atoms with Gasteiger partial charge in [0.05, 0.1) is 6.61 Å². The van der Waals surface area contributed by atoms with Gasteiger partial charge in [0.2, 0.25) is 0 Å². The van der Waals surface area contributed by atoms with Crippen LogP contribution in [-0.4, -0.2) is 25.0 Å². The number of amides is 2. The monoisotopic (exact) mass is 398 g/mol. The summed E-state index contributed by atoms with van der Waals surface area (Å²) in [7, 11) is 0. The van der Waals surface area contributed by atoms with E-state index in [1.807, 2.05) is 25.1 Å². The molecule has 0 atom stereocenters. The number of nitrogens with one attached hydrogen (secondary N) is 2. The molecule has 0 spiro atoms. The average molecular weight is 399 g/mol. The molecule has 0 aliphatic rings. The van der Waals surface area contributed by atoms with E-state index in [0.29, 0.717) is 29.6 Å². The van der Waals surface area contributed by atoms with E-state index in [-0.39, 0.29) is 12.5 Å². The van der Waals surface area contributed by atoms with Gasteiger partial charge in [-0.15, -0.1) is 0 Å². The standard InChI is InChI=1S/C23H30N2O4/c1-15(2)13-28-19-9-7-18(8-10-19)23(27)25-24-22(26)14-29-21-12-17(5)6-11-20(21)16(3)4/h6-12,15-16H,13-14H2,1-5H3,(H,24,26)(H,25,27). The third-order valence-electron chi connectivity index (χ3n) is 4.17. The molecule has 0 aliphatic carbocycles. The molecule has 0 aliphatic heterocycles. The average Bonchev–Trinajstić information content (AvgIpc) is 2.69. The van der Waals surface area contributed by atoms with E-state index >= 15 is 0 Å². The van der Waals surface area contributed by atoms with Gasteiger partial charge in [-0.05, 0) is 60.2 Å². The van der Waals surface area contributed by atoms with Crippen molar-refractivity contribution in [2.45, 2.75) is 40.5 Å². The second-order valence-corrected chi connectivity index (χ2v) is 7.72. The number of carbonyl (C=O) groups is 2. The first-order valence-corrected chi connectivity index (χ1v) is 9.81. The largest absolute Gasteiger partial charge is 0.493 e. The van der Waals surface area contributed by atoms with Gasteiger partial charge in [-0.1, -0.05) is 39.8 Å². The molecule has 0 unspecified atom stereocenters. The minimum atomic E-state index is -0.438. The van der Waals surface area contributed by atoms with Crippen LogP contribution >= 0.6 is 0 Å². The molecule has 2 rings (SSSR count). The Hall–Kier alpha value is -3.02. The van der Waals surface area contributed by atoms with E-state index < -0.39 is 11.8 Å². The van der Waals surface area contributed by atoms with Gasteiger partial charge < -0.3 is 9.47 Å². The van der Waals surface area contributed by atoms with Gasteiger partial charge in [0.15, 0.2) is 6.61 Å². The second-order valence-electron chi connectivity index (χ2n) is 7.72. The van der Waals surface area contributed by atoms with Crippen LogP contribution in [0.2, 0.25) is 0 Å². The molecule has 156 valence electrons. The first-order chi connectivity index (χ1) is 13.8. The molecular weight excluding hydrogens is 368 g/mol. The van der Waals surface area contributed by atoms with Crippen LogP contribution in [0.15, 0.2) is 42.5 Å². The number of ether oxygens (including phenoxy) is 2. The molecule has 0 radical (unpaired) electrons. The van der Waals surface area contributed by atoms with Gasteiger partial charge in [-0.3, -0.25) is 20.4 Å². The van der Waals surface area contributed by atoms with E-state index in [9.17, 15) is 9.59 Å². The zero-order valence-corrected chi connectivity index (χ0v) is 17.7. The normalized spacial score (nSPS) is 10.7. The van der Waals surface area contributed by atoms with Gasteiger partial charge in [0.1, 0.15) is 11.5 Å². The number of hydrazine groups is 1. The third kappa shape index (κ3) is 7.14. The molecule has 29 heavy (non-hydrogen) atoms. The molecular formula is C23H30N2O4. The van der Waals surface area contributed by atoms with Crippen LogP contribution < -0.4 is 20.3 Å². The van der Waals surface area contributed by atoms with Crippen LogP contribution in [0.3, 0.4) is 0 Å². The summed E-state index contributed by atoms with van der Waals surface area (Å²) in [5.41, 5.74) is 7.28. The molecule has 6 nitrogen and oxygen atoms in total. The summed E-state index contributed by atoms with van der Waals surface area (Å²) in [5.74, 6) is 1.23. The quantitative estimate of drug-likeness (QED) is 0.659. The highest BCUT2D eigenvalue weighted by Gasteiger charge is 2.12. The zero-order valence-electron chi connectivity index (χ0n) is 17.7. The molecule has 0 aromatic heterocycles. The summed E-state index contributed by atoms with van der Waals surface area (Å²) < 4.78 is 11.3. The maximum atomic E-state index is 12.2. The van der Waals surface area contributed by atoms with Crippen molar-refractivity contribution in [2.24, 2.45) is 5.92 Å². The van der Waals surface area contributed by atoms with Gasteiger partial charge in [0.25, 0.3) is 11.8 Å². The second kappa shape index (κ2) is 10.5. The SMILES string of the molecule is Cc1ccc(C(C)C)c(OCC(=O)NNC(=O)c2ccc(OCC(C)C)cc2)c1. The van der Waals surface area contributed by atoms with Crippen LogP contribution in [0.5, 0.6) is 11.5 Å². The molecule has 0 saturated carbocycles. The van der Waals surface area contributed by atoms with Crippen molar-refractivity contribution < 1.29 is 19.1 Å². The fourth-order valence-electron chi connectivity index (χ4n) is 2.59. The lowest BCUT2D eigenvalue weighted by molar-refractivity contribution is -0.123. The van der Waals surface area contributed by atoms with Gasteiger partial charge in [-0.2, -0.15) is 0 Å². The van der Waals surface area contributed by atoms with E-state index in [0.717, 1.165) is 11.1 Å². The lowest BCUT2D eigenvalue weighted by Gasteiger charge is -2.15. The topological polar surface area (TPSA) is 76.7 Å². The van der Waals surface area contributed by atoms with Crippen molar-refractivity contribution in [1.29, 1.82) is 0 Å². The van der Waals surface area contributed by atoms with Crippen LogP contribution in [-0.2, 0) is 4.79 Å². The summed E-state index contributed by atoms with van der Waals surface area (Å²) in [4.78, 5) is 24.2. The Morgan fingerprint density at radius 2 is 1.62 bits per heavy atom. The van der Waals surface area contributed by atoms with E-state index in [1.165, 1.54) is 0 Å². The van der Waals surface area contributed by atoms with E-state index in [1.54, 1.807) is 24.3 Å². The number of benzene rings is 2. The highest BCUT2D eigenvalue weighted by atomic mass is 16.5. The van der Waals surface area contributed by atoms with Crippen LogP contribution in [0, 0.1) is 12.8 Å². The van der Waals surface area contributed by atoms with Crippen molar-refractivity contribution >= 4 is 11.8 Å². The Balaban J connectivity index is 1.83. The van der Waals surface area contributed by atoms with Gasteiger partial charge in [-0.25, -0.2) is 0 Å². The Bertz CT molecular complexity index is 829. The van der Waals surface area contributed by atoms with Crippen molar-refractivity contribution in [2.75, 3.05) is 13.2 Å². The molecule has 0 saturated heterocycles. The Kier molecular flexibility index (Phi) is 8.07. The molecule has 2 aromatic rings. The molecule has 0 fully saturated rings. The summed E-state index contributed by atoms with van der Waals surface area (Å²) in [6.07, 6.45) is 0. The number of aryl methyl sites for hydroxylation is 1. The molecule has 0 bridgehead atoms. The van der Waals surface area contributed by atoms with E-state index in [4.69, 9.17) is 9.47 Å². The zero-order chi connectivity index (χ0) is 21.4. The van der Waals surface area contributed by atoms with Crippen molar-refractivity contribution in [3.05, 3.63) is 59.2 Å². The molecule has 2 aromatic carbocycles. The fraction of sp³-hybridized carbons (Fsp3) is 0.391. The molecule has 2 amide bonds. The first kappa shape index (κ1) is 22.3. The maximum absolute atomic E-state index is 12.2. The molecule has 0 heterocycles. The highest BCUT2D eigenvalue weighted by Crippen LogP contribution is 2.27. The number of rotatable bonds is 8. The minimum absolute atomic E-state index is 0.189. The Labute approximate surface area is 172 Å². The van der Waals surface area contributed by atoms with Crippen LogP contribution in [0.4, 0.5) is 0 Å². The summed E-state index contributed by atoms with van der Waals surface area (Å²) >= 11 is 0. The number of carbonyl (C=O) groups excluding carboxylic acids is 2. The first-order valence-electron chi connectivity index (χ1n) is 9.81. The fourth-order valence-corrected chi connectivity index (χ4v) is 2.59. The van der Waals surface area contributed by atoms with Crippen molar-refractivity contribution in [3.8, 4) is 11.5 Å². The van der Waals surface area contributed by atoms with Gasteiger partial charge >= 0.3 is 0 Å². The highest BCUT2D eigenvalue weighted by molar-refractivity contribution is 5.95. The minimum Gasteiger partial charge on any atom is -0.493 e. The number of hydrogen-bond donors (Lipinski definition) is 2. The summed E-state index contributed by atoms with van der Waals surface area (Å²) in [5, 5.41) is 0. The smallest absolute Gasteiger partial charge is 0.276 e. The molecule has 6 heteroatoms. The summed E-state index contributed by atoms with van der Waals surface area (Å²) in [6.45, 7) is 10.7. The van der Waals surface area contributed by atoms with Crippen molar-refractivity contribution in [3.63, 3.8) is 0 Å². The van der Waals surface area contributed by atoms with Crippen molar-refractivity contribution in [1.82, 2.24) is 10.9 Å². The van der Waals surface area contributed by atoms with Crippen LogP contribution in [0.25, 0.3) is 0 Å².